The van der Waals surface area contributed by atoms with Crippen LogP contribution in [-0.2, 0) is 0 Å². The number of hydrogen-bond donors (Lipinski definition) is 1. The number of benzene rings is 1. The van der Waals surface area contributed by atoms with Gasteiger partial charge in [0.15, 0.2) is 5.82 Å². The minimum atomic E-state index is -0.311. The normalized spacial score (nSPS) is 10.2. The second-order valence-electron chi connectivity index (χ2n) is 3.30. The minimum absolute atomic E-state index is 0.192. The summed E-state index contributed by atoms with van der Waals surface area (Å²) < 4.78 is 14.4. The molecule has 0 heterocycles. The molecule has 0 aliphatic rings. The molecule has 0 amide bonds. The zero-order valence-electron chi connectivity index (χ0n) is 9.26. The van der Waals surface area contributed by atoms with Gasteiger partial charge in [-0.1, -0.05) is 12.2 Å². The Balaban J connectivity index is 3.26. The van der Waals surface area contributed by atoms with Crippen LogP contribution < -0.4 is 10.6 Å². The Morgan fingerprint density at radius 3 is 2.44 bits per heavy atom. The number of anilines is 1. The van der Waals surface area contributed by atoms with Crippen molar-refractivity contribution < 1.29 is 4.39 Å². The summed E-state index contributed by atoms with van der Waals surface area (Å²) in [6, 6.07) is 3.45. The number of nitrogens with two attached hydrogens (primary N) is 1. The first-order valence-corrected chi connectivity index (χ1v) is 6.25. The van der Waals surface area contributed by atoms with Crippen LogP contribution in [0.25, 0.3) is 0 Å². The highest BCUT2D eigenvalue weighted by atomic mass is 79.9. The Hall–Kier alpha value is -0.680. The van der Waals surface area contributed by atoms with Crippen LogP contribution in [0.2, 0.25) is 0 Å². The van der Waals surface area contributed by atoms with Gasteiger partial charge in [-0.2, -0.15) is 0 Å². The molecule has 0 aliphatic heterocycles. The van der Waals surface area contributed by atoms with Crippen LogP contribution in [0.15, 0.2) is 16.6 Å². The van der Waals surface area contributed by atoms with Crippen LogP contribution in [0.1, 0.15) is 19.4 Å². The standard InChI is InChI=1S/C11H14BrFN2S/c1-3-15(4-2)8-6-5-7(11(14)16)9(12)10(8)13/h5-6H,3-4H2,1-2H3,(H2,14,16). The molecular formula is C11H14BrFN2S. The first-order valence-electron chi connectivity index (χ1n) is 5.05. The molecule has 0 saturated carbocycles. The smallest absolute Gasteiger partial charge is 0.161 e. The van der Waals surface area contributed by atoms with Crippen molar-refractivity contribution >= 4 is 38.8 Å². The van der Waals surface area contributed by atoms with Gasteiger partial charge in [0.1, 0.15) is 4.99 Å². The van der Waals surface area contributed by atoms with Gasteiger partial charge in [-0.3, -0.25) is 0 Å². The summed E-state index contributed by atoms with van der Waals surface area (Å²) in [6.07, 6.45) is 0. The third kappa shape index (κ3) is 2.52. The van der Waals surface area contributed by atoms with Crippen molar-refractivity contribution in [2.75, 3.05) is 18.0 Å². The minimum Gasteiger partial charge on any atom is -0.389 e. The van der Waals surface area contributed by atoms with Crippen LogP contribution in [0, 0.1) is 5.82 Å². The summed E-state index contributed by atoms with van der Waals surface area (Å²) in [6.45, 7) is 5.48. The fourth-order valence-corrected chi connectivity index (χ4v) is 2.39. The molecule has 1 aromatic rings. The zero-order valence-corrected chi connectivity index (χ0v) is 11.7. The summed E-state index contributed by atoms with van der Waals surface area (Å²) in [5, 5.41) is 0. The maximum absolute atomic E-state index is 14.0. The molecular weight excluding hydrogens is 291 g/mol. The van der Waals surface area contributed by atoms with E-state index in [2.05, 4.69) is 15.9 Å². The van der Waals surface area contributed by atoms with Crippen LogP contribution >= 0.6 is 28.1 Å². The van der Waals surface area contributed by atoms with Crippen LogP contribution in [-0.4, -0.2) is 18.1 Å². The average Bonchev–Trinajstić information content (AvgIpc) is 2.25. The van der Waals surface area contributed by atoms with Gasteiger partial charge in [-0.25, -0.2) is 4.39 Å². The Morgan fingerprint density at radius 1 is 1.44 bits per heavy atom. The molecule has 2 nitrogen and oxygen atoms in total. The van der Waals surface area contributed by atoms with Gasteiger partial charge in [-0.15, -0.1) is 0 Å². The van der Waals surface area contributed by atoms with Gasteiger partial charge in [0, 0.05) is 18.7 Å². The lowest BCUT2D eigenvalue weighted by Gasteiger charge is -2.22. The SMILES string of the molecule is CCN(CC)c1ccc(C(N)=S)c(Br)c1F. The molecule has 5 heteroatoms. The van der Waals surface area contributed by atoms with Crippen molar-refractivity contribution in [2.45, 2.75) is 13.8 Å². The molecule has 0 aliphatic carbocycles. The first kappa shape index (κ1) is 13.4. The molecule has 0 spiro atoms. The van der Waals surface area contributed by atoms with E-state index in [9.17, 15) is 4.39 Å². The molecule has 1 aromatic carbocycles. The monoisotopic (exact) mass is 304 g/mol. The third-order valence-electron chi connectivity index (χ3n) is 2.43. The maximum atomic E-state index is 14.0. The quantitative estimate of drug-likeness (QED) is 0.867. The second kappa shape index (κ2) is 5.59. The summed E-state index contributed by atoms with van der Waals surface area (Å²) in [5.41, 5.74) is 6.59. The highest BCUT2D eigenvalue weighted by molar-refractivity contribution is 9.10. The Morgan fingerprint density at radius 2 is 2.00 bits per heavy atom. The molecule has 2 N–H and O–H groups in total. The van der Waals surface area contributed by atoms with E-state index in [0.29, 0.717) is 15.7 Å². The van der Waals surface area contributed by atoms with E-state index in [-0.39, 0.29) is 10.8 Å². The lowest BCUT2D eigenvalue weighted by Crippen LogP contribution is -2.23. The average molecular weight is 305 g/mol. The van der Waals surface area contributed by atoms with E-state index < -0.39 is 0 Å². The molecule has 16 heavy (non-hydrogen) atoms. The van der Waals surface area contributed by atoms with Gasteiger partial charge in [0.2, 0.25) is 0 Å². The molecule has 0 unspecified atom stereocenters. The third-order valence-corrected chi connectivity index (χ3v) is 3.43. The van der Waals surface area contributed by atoms with E-state index in [1.54, 1.807) is 12.1 Å². The highest BCUT2D eigenvalue weighted by Gasteiger charge is 2.15. The molecule has 0 aromatic heterocycles. The topological polar surface area (TPSA) is 29.3 Å². The van der Waals surface area contributed by atoms with Crippen LogP contribution in [0.3, 0.4) is 0 Å². The van der Waals surface area contributed by atoms with Crippen molar-refractivity contribution in [1.82, 2.24) is 0 Å². The van der Waals surface area contributed by atoms with E-state index in [1.165, 1.54) is 0 Å². The highest BCUT2D eigenvalue weighted by Crippen LogP contribution is 2.29. The fourth-order valence-electron chi connectivity index (χ4n) is 1.54. The predicted octanol–water partition coefficient (Wildman–Crippen LogP) is 3.07. The largest absolute Gasteiger partial charge is 0.389 e. The Labute approximate surface area is 109 Å². The van der Waals surface area contributed by atoms with Crippen LogP contribution in [0.5, 0.6) is 0 Å². The molecule has 88 valence electrons. The van der Waals surface area contributed by atoms with E-state index in [0.717, 1.165) is 13.1 Å². The lowest BCUT2D eigenvalue weighted by molar-refractivity contribution is 0.613. The maximum Gasteiger partial charge on any atom is 0.161 e. The molecule has 0 radical (unpaired) electrons. The van der Waals surface area contributed by atoms with E-state index >= 15 is 0 Å². The molecule has 1 rings (SSSR count). The van der Waals surface area contributed by atoms with E-state index in [4.69, 9.17) is 18.0 Å². The van der Waals surface area contributed by atoms with Crippen molar-refractivity contribution in [3.8, 4) is 0 Å². The number of hydrogen-bond acceptors (Lipinski definition) is 2. The molecule has 0 saturated heterocycles. The predicted molar refractivity (Wildman–Crippen MR) is 73.5 cm³/mol. The Kier molecular flexibility index (Phi) is 4.68. The summed E-state index contributed by atoms with van der Waals surface area (Å²) in [5.74, 6) is -0.311. The number of nitrogens with zero attached hydrogens (tertiary/aromatic N) is 1. The molecule has 0 fully saturated rings. The second-order valence-corrected chi connectivity index (χ2v) is 4.53. The van der Waals surface area contributed by atoms with Gasteiger partial charge in [-0.05, 0) is 41.9 Å². The van der Waals surface area contributed by atoms with Crippen molar-refractivity contribution in [1.29, 1.82) is 0 Å². The van der Waals surface area contributed by atoms with E-state index in [1.807, 2.05) is 18.7 Å². The van der Waals surface area contributed by atoms with Gasteiger partial charge in [0.25, 0.3) is 0 Å². The number of halogens is 2. The van der Waals surface area contributed by atoms with Crippen LogP contribution in [0.4, 0.5) is 10.1 Å². The van der Waals surface area contributed by atoms with Gasteiger partial charge < -0.3 is 10.6 Å². The molecule has 0 atom stereocenters. The fraction of sp³-hybridized carbons (Fsp3) is 0.364. The number of thiocarbonyl (C=S) groups is 1. The van der Waals surface area contributed by atoms with Gasteiger partial charge in [0.05, 0.1) is 10.2 Å². The van der Waals surface area contributed by atoms with Crippen molar-refractivity contribution in [3.63, 3.8) is 0 Å². The number of rotatable bonds is 4. The first-order chi connectivity index (χ1) is 7.52. The summed E-state index contributed by atoms with van der Waals surface area (Å²) >= 11 is 8.03. The lowest BCUT2D eigenvalue weighted by atomic mass is 10.2. The molecule has 0 bridgehead atoms. The summed E-state index contributed by atoms with van der Waals surface area (Å²) in [4.78, 5) is 2.13. The summed E-state index contributed by atoms with van der Waals surface area (Å²) in [7, 11) is 0. The van der Waals surface area contributed by atoms with Crippen molar-refractivity contribution in [3.05, 3.63) is 28.0 Å². The van der Waals surface area contributed by atoms with Crippen molar-refractivity contribution in [2.24, 2.45) is 5.73 Å². The zero-order chi connectivity index (χ0) is 12.3. The Bertz CT molecular complexity index is 405. The van der Waals surface area contributed by atoms with Gasteiger partial charge >= 0.3 is 0 Å².